The van der Waals surface area contributed by atoms with E-state index in [1.165, 1.54) is 27.6 Å². The maximum absolute atomic E-state index is 5.96. The first-order valence-corrected chi connectivity index (χ1v) is 6.63. The van der Waals surface area contributed by atoms with Gasteiger partial charge in [-0.2, -0.15) is 0 Å². The molecule has 0 atom stereocenters. The van der Waals surface area contributed by atoms with Gasteiger partial charge in [-0.15, -0.1) is 0 Å². The van der Waals surface area contributed by atoms with Crippen LogP contribution in [0.3, 0.4) is 0 Å². The summed E-state index contributed by atoms with van der Waals surface area (Å²) in [5.74, 6) is 0.951. The molecule has 0 N–H and O–H groups in total. The van der Waals surface area contributed by atoms with Gasteiger partial charge in [0, 0.05) is 10.9 Å². The summed E-state index contributed by atoms with van der Waals surface area (Å²) in [5.41, 5.74) is 7.36. The maximum Gasteiger partial charge on any atom is 0.135 e. The summed E-state index contributed by atoms with van der Waals surface area (Å²) in [6.07, 6.45) is 0. The first-order chi connectivity index (χ1) is 9.04. The van der Waals surface area contributed by atoms with Crippen LogP contribution in [0.25, 0.3) is 22.3 Å². The van der Waals surface area contributed by atoms with E-state index in [9.17, 15) is 0 Å². The Bertz CT molecular complexity index is 739. The van der Waals surface area contributed by atoms with Crippen LogP contribution in [0.5, 0.6) is 0 Å². The van der Waals surface area contributed by atoms with Crippen LogP contribution in [0.1, 0.15) is 22.3 Å². The highest BCUT2D eigenvalue weighted by atomic mass is 16.3. The summed E-state index contributed by atoms with van der Waals surface area (Å²) < 4.78 is 5.96. The molecular weight excluding hydrogens is 232 g/mol. The molecule has 3 aromatic rings. The summed E-state index contributed by atoms with van der Waals surface area (Å²) >= 11 is 0. The molecule has 0 unspecified atom stereocenters. The molecule has 0 aliphatic rings. The fourth-order valence-electron chi connectivity index (χ4n) is 2.48. The van der Waals surface area contributed by atoms with Gasteiger partial charge in [0.25, 0.3) is 0 Å². The molecule has 0 amide bonds. The smallest absolute Gasteiger partial charge is 0.135 e. The monoisotopic (exact) mass is 250 g/mol. The third kappa shape index (κ3) is 2.06. The fourth-order valence-corrected chi connectivity index (χ4v) is 2.48. The quantitative estimate of drug-likeness (QED) is 0.568. The first-order valence-electron chi connectivity index (χ1n) is 6.63. The topological polar surface area (TPSA) is 13.1 Å². The van der Waals surface area contributed by atoms with E-state index in [0.29, 0.717) is 0 Å². The highest BCUT2D eigenvalue weighted by Crippen LogP contribution is 2.30. The van der Waals surface area contributed by atoms with Crippen LogP contribution in [0.2, 0.25) is 0 Å². The van der Waals surface area contributed by atoms with E-state index < -0.39 is 0 Å². The average molecular weight is 250 g/mol. The van der Waals surface area contributed by atoms with Crippen LogP contribution in [0, 0.1) is 27.7 Å². The molecule has 96 valence electrons. The van der Waals surface area contributed by atoms with Gasteiger partial charge in [0.05, 0.1) is 0 Å². The molecule has 19 heavy (non-hydrogen) atoms. The van der Waals surface area contributed by atoms with Crippen LogP contribution >= 0.6 is 0 Å². The Morgan fingerprint density at radius 3 is 2.16 bits per heavy atom. The zero-order valence-electron chi connectivity index (χ0n) is 11.9. The van der Waals surface area contributed by atoms with Crippen LogP contribution in [0.15, 0.2) is 40.8 Å². The average Bonchev–Trinajstić information content (AvgIpc) is 2.78. The Kier molecular flexibility index (Phi) is 2.70. The Balaban J connectivity index is 2.19. The van der Waals surface area contributed by atoms with Gasteiger partial charge in [-0.3, -0.25) is 0 Å². The summed E-state index contributed by atoms with van der Waals surface area (Å²) in [4.78, 5) is 0. The van der Waals surface area contributed by atoms with Crippen molar-refractivity contribution in [3.63, 3.8) is 0 Å². The van der Waals surface area contributed by atoms with Crippen LogP contribution in [0.4, 0.5) is 0 Å². The Labute approximate surface area is 113 Å². The van der Waals surface area contributed by atoms with Gasteiger partial charge in [-0.05, 0) is 74.7 Å². The van der Waals surface area contributed by atoms with E-state index in [2.05, 4.69) is 58.0 Å². The molecule has 1 heteroatoms. The molecule has 1 heterocycles. The highest BCUT2D eigenvalue weighted by Gasteiger charge is 2.08. The first kappa shape index (κ1) is 12.0. The van der Waals surface area contributed by atoms with Gasteiger partial charge in [-0.1, -0.05) is 11.6 Å². The van der Waals surface area contributed by atoms with Crippen molar-refractivity contribution in [3.8, 4) is 11.3 Å². The van der Waals surface area contributed by atoms with E-state index in [1.54, 1.807) is 0 Å². The molecule has 0 saturated carbocycles. The van der Waals surface area contributed by atoms with E-state index in [-0.39, 0.29) is 0 Å². The van der Waals surface area contributed by atoms with Gasteiger partial charge < -0.3 is 4.42 Å². The number of aryl methyl sites for hydroxylation is 3. The molecule has 0 aliphatic heterocycles. The largest absolute Gasteiger partial charge is 0.456 e. The Morgan fingerprint density at radius 2 is 1.47 bits per heavy atom. The van der Waals surface area contributed by atoms with Crippen molar-refractivity contribution < 1.29 is 4.42 Å². The molecular formula is C18H18O. The SMILES string of the molecule is Cc1ccc2oc(-c3cc(C)c(C)c(C)c3)cc2c1. The lowest BCUT2D eigenvalue weighted by molar-refractivity contribution is 0.631. The summed E-state index contributed by atoms with van der Waals surface area (Å²) in [5, 5.41) is 1.17. The maximum atomic E-state index is 5.96. The highest BCUT2D eigenvalue weighted by molar-refractivity contribution is 5.83. The number of fused-ring (bicyclic) bond motifs is 1. The molecule has 1 nitrogen and oxygen atoms in total. The normalized spacial score (nSPS) is 11.2. The number of rotatable bonds is 1. The molecule has 0 fully saturated rings. The van der Waals surface area contributed by atoms with Crippen LogP contribution in [-0.2, 0) is 0 Å². The van der Waals surface area contributed by atoms with Crippen molar-refractivity contribution >= 4 is 11.0 Å². The minimum Gasteiger partial charge on any atom is -0.456 e. The van der Waals surface area contributed by atoms with Crippen molar-refractivity contribution in [1.29, 1.82) is 0 Å². The minimum atomic E-state index is 0.951. The van der Waals surface area contributed by atoms with E-state index in [4.69, 9.17) is 4.42 Å². The van der Waals surface area contributed by atoms with Gasteiger partial charge in [-0.25, -0.2) is 0 Å². The zero-order chi connectivity index (χ0) is 13.6. The molecule has 0 aliphatic carbocycles. The zero-order valence-corrected chi connectivity index (χ0v) is 11.9. The number of hydrogen-bond donors (Lipinski definition) is 0. The summed E-state index contributed by atoms with van der Waals surface area (Å²) in [7, 11) is 0. The Morgan fingerprint density at radius 1 is 0.789 bits per heavy atom. The van der Waals surface area contributed by atoms with E-state index in [1.807, 2.05) is 6.07 Å². The molecule has 0 saturated heterocycles. The van der Waals surface area contributed by atoms with Crippen molar-refractivity contribution in [2.24, 2.45) is 0 Å². The number of benzene rings is 2. The van der Waals surface area contributed by atoms with E-state index in [0.717, 1.165) is 16.9 Å². The third-order valence-corrected chi connectivity index (χ3v) is 3.88. The summed E-state index contributed by atoms with van der Waals surface area (Å²) in [6.45, 7) is 8.57. The van der Waals surface area contributed by atoms with Crippen LogP contribution < -0.4 is 0 Å². The van der Waals surface area contributed by atoms with Crippen molar-refractivity contribution in [1.82, 2.24) is 0 Å². The Hall–Kier alpha value is -2.02. The lowest BCUT2D eigenvalue weighted by Crippen LogP contribution is -1.87. The third-order valence-electron chi connectivity index (χ3n) is 3.88. The second-order valence-corrected chi connectivity index (χ2v) is 5.39. The molecule has 2 aromatic carbocycles. The van der Waals surface area contributed by atoms with E-state index >= 15 is 0 Å². The second kappa shape index (κ2) is 4.27. The minimum absolute atomic E-state index is 0.951. The molecule has 1 aromatic heterocycles. The lowest BCUT2D eigenvalue weighted by Gasteiger charge is -2.07. The van der Waals surface area contributed by atoms with Gasteiger partial charge in [0.1, 0.15) is 11.3 Å². The predicted molar refractivity (Wildman–Crippen MR) is 80.6 cm³/mol. The predicted octanol–water partition coefficient (Wildman–Crippen LogP) is 5.33. The summed E-state index contributed by atoms with van der Waals surface area (Å²) in [6, 6.07) is 12.8. The molecule has 3 rings (SSSR count). The number of hydrogen-bond acceptors (Lipinski definition) is 1. The lowest BCUT2D eigenvalue weighted by atomic mass is 9.99. The van der Waals surface area contributed by atoms with Crippen molar-refractivity contribution in [3.05, 3.63) is 58.7 Å². The van der Waals surface area contributed by atoms with Crippen molar-refractivity contribution in [2.45, 2.75) is 27.7 Å². The second-order valence-electron chi connectivity index (χ2n) is 5.39. The van der Waals surface area contributed by atoms with Crippen molar-refractivity contribution in [2.75, 3.05) is 0 Å². The van der Waals surface area contributed by atoms with Gasteiger partial charge in [0.15, 0.2) is 0 Å². The molecule has 0 bridgehead atoms. The molecule has 0 spiro atoms. The van der Waals surface area contributed by atoms with Gasteiger partial charge >= 0.3 is 0 Å². The molecule has 0 radical (unpaired) electrons. The van der Waals surface area contributed by atoms with Crippen LogP contribution in [-0.4, -0.2) is 0 Å². The van der Waals surface area contributed by atoms with Gasteiger partial charge in [0.2, 0.25) is 0 Å². The standard InChI is InChI=1S/C18H18O/c1-11-5-6-17-15(7-11)10-18(19-17)16-8-12(2)14(4)13(3)9-16/h5-10H,1-4H3. The fraction of sp³-hybridized carbons (Fsp3) is 0.222. The number of furan rings is 1.